The Morgan fingerprint density at radius 3 is 2.69 bits per heavy atom. The number of carbonyl (C=O) groups is 1. The standard InChI is InChI=1S/C22H27Cl2N6O8P/c1-11(2)36-19(33)12(3)29-39(34,38-13-7-5-4-6-8-13)35-9-14-16(31)22(23,24)20(37-14)30-10-26-15-17(30)27-21(25)28-18(15)32/h4-8,10-12,14,16,20,31H,9H2,1-3H3,(H,29,34)(H3,25,27,28,32)/t12-,14-,16-,20-,39+/m1/s1. The number of imidazole rings is 1. The Balaban J connectivity index is 1.56. The molecule has 212 valence electrons. The lowest BCUT2D eigenvalue weighted by Gasteiger charge is -2.25. The molecule has 0 radical (unpaired) electrons. The number of benzene rings is 1. The van der Waals surface area contributed by atoms with E-state index in [4.69, 9.17) is 47.5 Å². The molecule has 2 aromatic heterocycles. The van der Waals surface area contributed by atoms with Crippen LogP contribution in [-0.2, 0) is 23.4 Å². The van der Waals surface area contributed by atoms with Crippen LogP contribution in [0.1, 0.15) is 27.0 Å². The van der Waals surface area contributed by atoms with Crippen LogP contribution in [0.3, 0.4) is 0 Å². The minimum absolute atomic E-state index is 0.0120. The van der Waals surface area contributed by atoms with Gasteiger partial charge in [-0.25, -0.2) is 9.55 Å². The Hall–Kier alpha value is -2.71. The topological polar surface area (TPSA) is 193 Å². The van der Waals surface area contributed by atoms with Gasteiger partial charge >= 0.3 is 13.7 Å². The largest absolute Gasteiger partial charge is 0.462 e. The molecule has 0 bridgehead atoms. The van der Waals surface area contributed by atoms with Crippen molar-refractivity contribution in [1.82, 2.24) is 24.6 Å². The number of nitrogen functional groups attached to an aromatic ring is 1. The van der Waals surface area contributed by atoms with Gasteiger partial charge in [0, 0.05) is 0 Å². The van der Waals surface area contributed by atoms with Crippen LogP contribution >= 0.6 is 30.9 Å². The van der Waals surface area contributed by atoms with E-state index >= 15 is 0 Å². The van der Waals surface area contributed by atoms with Crippen molar-refractivity contribution in [3.8, 4) is 5.75 Å². The van der Waals surface area contributed by atoms with Gasteiger partial charge in [0.15, 0.2) is 21.7 Å². The Morgan fingerprint density at radius 1 is 1.33 bits per heavy atom. The lowest BCUT2D eigenvalue weighted by molar-refractivity contribution is -0.149. The van der Waals surface area contributed by atoms with Crippen molar-refractivity contribution in [2.75, 3.05) is 12.3 Å². The number of aromatic nitrogens is 4. The second kappa shape index (κ2) is 11.4. The first-order valence-corrected chi connectivity index (χ1v) is 14.0. The van der Waals surface area contributed by atoms with Gasteiger partial charge in [0.1, 0.15) is 24.0 Å². The molecule has 1 fully saturated rings. The Bertz CT molecular complexity index is 1430. The number of anilines is 1. The Kier molecular flexibility index (Phi) is 8.57. The average molecular weight is 605 g/mol. The maximum atomic E-state index is 13.7. The molecular formula is C22H27Cl2N6O8P. The van der Waals surface area contributed by atoms with Crippen molar-refractivity contribution in [1.29, 1.82) is 0 Å². The lowest BCUT2D eigenvalue weighted by atomic mass is 10.2. The van der Waals surface area contributed by atoms with Crippen LogP contribution in [-0.4, -0.2) is 65.9 Å². The van der Waals surface area contributed by atoms with Gasteiger partial charge in [0.2, 0.25) is 5.95 Å². The summed E-state index contributed by atoms with van der Waals surface area (Å²) in [6.07, 6.45) is -3.31. The Labute approximate surface area is 232 Å². The fourth-order valence-electron chi connectivity index (χ4n) is 3.73. The monoisotopic (exact) mass is 604 g/mol. The van der Waals surface area contributed by atoms with Gasteiger partial charge < -0.3 is 24.8 Å². The smallest absolute Gasteiger partial charge is 0.459 e. The van der Waals surface area contributed by atoms with Crippen molar-refractivity contribution in [3.63, 3.8) is 0 Å². The summed E-state index contributed by atoms with van der Waals surface area (Å²) in [4.78, 5) is 34.9. The predicted molar refractivity (Wildman–Crippen MR) is 141 cm³/mol. The molecule has 1 saturated heterocycles. The number of nitrogens with one attached hydrogen (secondary N) is 2. The summed E-state index contributed by atoms with van der Waals surface area (Å²) in [7, 11) is -4.27. The minimum Gasteiger partial charge on any atom is -0.462 e. The number of hydrogen-bond donors (Lipinski definition) is 4. The van der Waals surface area contributed by atoms with Gasteiger partial charge in [-0.15, -0.1) is 0 Å². The van der Waals surface area contributed by atoms with Crippen LogP contribution in [0.25, 0.3) is 11.2 Å². The molecule has 17 heteroatoms. The van der Waals surface area contributed by atoms with E-state index in [0.29, 0.717) is 0 Å². The summed E-state index contributed by atoms with van der Waals surface area (Å²) >= 11 is 12.9. The number of aliphatic hydroxyl groups is 1. The molecular weight excluding hydrogens is 578 g/mol. The van der Waals surface area contributed by atoms with Gasteiger partial charge in [-0.1, -0.05) is 41.4 Å². The number of rotatable bonds is 10. The molecule has 1 aromatic carbocycles. The number of hydrogen-bond acceptors (Lipinski definition) is 11. The zero-order valence-corrected chi connectivity index (χ0v) is 23.4. The third kappa shape index (κ3) is 6.38. The third-order valence-corrected chi connectivity index (χ3v) is 7.98. The second-order valence-electron chi connectivity index (χ2n) is 8.96. The Morgan fingerprint density at radius 2 is 2.03 bits per heavy atom. The quantitative estimate of drug-likeness (QED) is 0.150. The van der Waals surface area contributed by atoms with Crippen LogP contribution in [0.2, 0.25) is 0 Å². The summed E-state index contributed by atoms with van der Waals surface area (Å²) in [6, 6.07) is 7.03. The van der Waals surface area contributed by atoms with Crippen LogP contribution in [0.5, 0.6) is 5.75 Å². The molecule has 1 aliphatic heterocycles. The number of ether oxygens (including phenoxy) is 2. The number of H-pyrrole nitrogens is 1. The molecule has 4 rings (SSSR count). The van der Waals surface area contributed by atoms with E-state index in [2.05, 4.69) is 20.0 Å². The van der Waals surface area contributed by atoms with Gasteiger partial charge in [-0.2, -0.15) is 10.1 Å². The molecule has 5 atom stereocenters. The molecule has 3 heterocycles. The highest BCUT2D eigenvalue weighted by molar-refractivity contribution is 7.52. The predicted octanol–water partition coefficient (Wildman–Crippen LogP) is 2.27. The normalized spacial score (nSPS) is 23.0. The fraction of sp³-hybridized carbons (Fsp3) is 0.455. The molecule has 0 unspecified atom stereocenters. The SMILES string of the molecule is CC(C)OC(=O)[C@@H](C)N[P@](=O)(OC[C@H]1O[C@@H](n2cnc3c(=O)[nH]c(N)nc32)C(Cl)(Cl)[C@@H]1O)Oc1ccccc1. The molecule has 39 heavy (non-hydrogen) atoms. The number of carbonyl (C=O) groups excluding carboxylic acids is 1. The zero-order valence-electron chi connectivity index (χ0n) is 21.0. The molecule has 0 saturated carbocycles. The van der Waals surface area contributed by atoms with E-state index in [-0.39, 0.29) is 22.9 Å². The number of esters is 1. The molecule has 3 aromatic rings. The number of aromatic amines is 1. The van der Waals surface area contributed by atoms with E-state index < -0.39 is 60.8 Å². The number of fused-ring (bicyclic) bond motifs is 1. The van der Waals surface area contributed by atoms with Crippen LogP contribution in [0, 0.1) is 0 Å². The highest BCUT2D eigenvalue weighted by atomic mass is 35.5. The molecule has 0 spiro atoms. The van der Waals surface area contributed by atoms with E-state index in [1.54, 1.807) is 44.2 Å². The molecule has 0 aliphatic carbocycles. The van der Waals surface area contributed by atoms with E-state index in [9.17, 15) is 19.3 Å². The number of nitrogens with zero attached hydrogens (tertiary/aromatic N) is 3. The van der Waals surface area contributed by atoms with Crippen LogP contribution < -0.4 is 20.9 Å². The van der Waals surface area contributed by atoms with Gasteiger partial charge in [-0.05, 0) is 32.9 Å². The van der Waals surface area contributed by atoms with E-state index in [1.807, 2.05) is 0 Å². The highest BCUT2D eigenvalue weighted by Crippen LogP contribution is 2.50. The van der Waals surface area contributed by atoms with Crippen LogP contribution in [0.15, 0.2) is 41.5 Å². The minimum atomic E-state index is -4.27. The molecule has 0 amide bonds. The number of para-hydroxylation sites is 1. The summed E-state index contributed by atoms with van der Waals surface area (Å²) in [6.45, 7) is 4.23. The second-order valence-corrected chi connectivity index (χ2v) is 12.1. The molecule has 5 N–H and O–H groups in total. The number of alkyl halides is 2. The molecule has 1 aliphatic rings. The van der Waals surface area contributed by atoms with E-state index in [1.165, 1.54) is 17.8 Å². The summed E-state index contributed by atoms with van der Waals surface area (Å²) in [5.74, 6) is -0.680. The van der Waals surface area contributed by atoms with Crippen molar-refractivity contribution in [3.05, 3.63) is 47.0 Å². The maximum absolute atomic E-state index is 13.7. The van der Waals surface area contributed by atoms with Crippen molar-refractivity contribution >= 4 is 54.0 Å². The number of halogens is 2. The van der Waals surface area contributed by atoms with Gasteiger partial charge in [-0.3, -0.25) is 23.7 Å². The van der Waals surface area contributed by atoms with Crippen molar-refractivity contribution in [2.24, 2.45) is 0 Å². The summed E-state index contributed by atoms with van der Waals surface area (Å²) in [5, 5.41) is 13.4. The third-order valence-electron chi connectivity index (χ3n) is 5.52. The van der Waals surface area contributed by atoms with Crippen molar-refractivity contribution in [2.45, 2.75) is 55.7 Å². The molecule has 14 nitrogen and oxygen atoms in total. The maximum Gasteiger partial charge on any atom is 0.459 e. The highest BCUT2D eigenvalue weighted by Gasteiger charge is 2.56. The zero-order chi connectivity index (χ0) is 28.5. The van der Waals surface area contributed by atoms with Crippen molar-refractivity contribution < 1.29 is 33.0 Å². The summed E-state index contributed by atoms with van der Waals surface area (Å²) in [5.41, 5.74) is 5.01. The number of nitrogens with two attached hydrogens (primary N) is 1. The average Bonchev–Trinajstić information content (AvgIpc) is 3.36. The fourth-order valence-corrected chi connectivity index (χ4v) is 5.82. The van der Waals surface area contributed by atoms with Gasteiger partial charge in [0.25, 0.3) is 5.56 Å². The number of aliphatic hydroxyl groups excluding tert-OH is 1. The summed E-state index contributed by atoms with van der Waals surface area (Å²) < 4.78 is 35.2. The van der Waals surface area contributed by atoms with Gasteiger partial charge in [0.05, 0.1) is 19.0 Å². The van der Waals surface area contributed by atoms with E-state index in [0.717, 1.165) is 0 Å². The first-order valence-electron chi connectivity index (χ1n) is 11.7. The van der Waals surface area contributed by atoms with Crippen LogP contribution in [0.4, 0.5) is 5.95 Å². The lowest BCUT2D eigenvalue weighted by Crippen LogP contribution is -2.39. The first-order chi connectivity index (χ1) is 18.3. The first kappa shape index (κ1) is 29.3.